The van der Waals surface area contributed by atoms with Gasteiger partial charge in [0.05, 0.1) is 5.52 Å². The van der Waals surface area contributed by atoms with E-state index in [4.69, 9.17) is 0 Å². The van der Waals surface area contributed by atoms with Gasteiger partial charge in [0.1, 0.15) is 5.69 Å². The summed E-state index contributed by atoms with van der Waals surface area (Å²) in [6, 6.07) is 10.5. The molecule has 0 spiro atoms. The molecule has 122 valence electrons. The Hall–Kier alpha value is -2.66. The second kappa shape index (κ2) is 6.09. The highest BCUT2D eigenvalue weighted by atomic mass is 16.1. The minimum Gasteiger partial charge on any atom is -0.357 e. The fourth-order valence-electron chi connectivity index (χ4n) is 3.40. The molecule has 1 aliphatic rings. The Morgan fingerprint density at radius 2 is 2.21 bits per heavy atom. The molecule has 3 N–H and O–H groups in total. The summed E-state index contributed by atoms with van der Waals surface area (Å²) in [6.45, 7) is 3.50. The zero-order valence-electron chi connectivity index (χ0n) is 13.6. The lowest BCUT2D eigenvalue weighted by molar-refractivity contribution is 0.0951. The summed E-state index contributed by atoms with van der Waals surface area (Å²) in [4.78, 5) is 19.6. The molecular formula is C19H20N4O. The van der Waals surface area contributed by atoms with E-state index in [0.29, 0.717) is 12.2 Å². The minimum atomic E-state index is -0.0262. The zero-order valence-corrected chi connectivity index (χ0v) is 13.6. The van der Waals surface area contributed by atoms with Crippen molar-refractivity contribution in [3.05, 3.63) is 65.1 Å². The highest BCUT2D eigenvalue weighted by Gasteiger charge is 2.23. The lowest BCUT2D eigenvalue weighted by Gasteiger charge is -2.17. The number of aromatic amines is 1. The standard InChI is InChI=1S/C19H20N4O/c1-12-4-5-13(17-14(12)3-2-8-20-17)11-23-16-7-10-22-19(24)18-15(16)6-9-21-18/h2-6,8-9,16,21,23H,7,10-11H2,1H3,(H,22,24). The molecule has 3 aromatic rings. The molecule has 1 aliphatic heterocycles. The zero-order chi connectivity index (χ0) is 16.5. The van der Waals surface area contributed by atoms with E-state index in [0.717, 1.165) is 24.0 Å². The number of hydrogen-bond donors (Lipinski definition) is 3. The van der Waals surface area contributed by atoms with Crippen LogP contribution in [0.2, 0.25) is 0 Å². The smallest absolute Gasteiger partial charge is 0.268 e. The molecule has 1 aromatic carbocycles. The predicted octanol–water partition coefficient (Wildman–Crippen LogP) is 2.84. The van der Waals surface area contributed by atoms with Gasteiger partial charge in [0.2, 0.25) is 0 Å². The van der Waals surface area contributed by atoms with Crippen molar-refractivity contribution in [2.75, 3.05) is 6.54 Å². The quantitative estimate of drug-likeness (QED) is 0.695. The fraction of sp³-hybridized carbons (Fsp3) is 0.263. The van der Waals surface area contributed by atoms with Gasteiger partial charge in [0.25, 0.3) is 5.91 Å². The molecule has 0 radical (unpaired) electrons. The summed E-state index contributed by atoms with van der Waals surface area (Å²) >= 11 is 0. The molecular weight excluding hydrogens is 300 g/mol. The maximum absolute atomic E-state index is 12.0. The molecule has 24 heavy (non-hydrogen) atoms. The third-order valence-electron chi connectivity index (χ3n) is 4.71. The highest BCUT2D eigenvalue weighted by Crippen LogP contribution is 2.25. The Balaban J connectivity index is 1.61. The lowest BCUT2D eigenvalue weighted by Crippen LogP contribution is -2.24. The maximum Gasteiger partial charge on any atom is 0.268 e. The SMILES string of the molecule is Cc1ccc(CNC2CCNC(=O)c3[nH]ccc32)c2ncccc12. The average Bonchev–Trinajstić information content (AvgIpc) is 3.04. The van der Waals surface area contributed by atoms with Gasteiger partial charge in [-0.2, -0.15) is 0 Å². The van der Waals surface area contributed by atoms with Gasteiger partial charge in [0, 0.05) is 36.9 Å². The van der Waals surface area contributed by atoms with Crippen LogP contribution in [0, 0.1) is 6.92 Å². The largest absolute Gasteiger partial charge is 0.357 e. The van der Waals surface area contributed by atoms with Gasteiger partial charge in [-0.3, -0.25) is 9.78 Å². The molecule has 0 bridgehead atoms. The van der Waals surface area contributed by atoms with Crippen LogP contribution in [0.1, 0.15) is 39.6 Å². The third kappa shape index (κ3) is 2.57. The number of carbonyl (C=O) groups is 1. The molecule has 5 heteroatoms. The number of aryl methyl sites for hydroxylation is 1. The van der Waals surface area contributed by atoms with Crippen LogP contribution in [0.25, 0.3) is 10.9 Å². The number of carbonyl (C=O) groups excluding carboxylic acids is 1. The van der Waals surface area contributed by atoms with Gasteiger partial charge >= 0.3 is 0 Å². The van der Waals surface area contributed by atoms with Gasteiger partial charge in [-0.15, -0.1) is 0 Å². The lowest BCUT2D eigenvalue weighted by atomic mass is 10.0. The van der Waals surface area contributed by atoms with Crippen molar-refractivity contribution < 1.29 is 4.79 Å². The van der Waals surface area contributed by atoms with Crippen LogP contribution in [0.3, 0.4) is 0 Å². The first-order valence-electron chi connectivity index (χ1n) is 8.26. The Morgan fingerprint density at radius 3 is 3.12 bits per heavy atom. The molecule has 1 atom stereocenters. The van der Waals surface area contributed by atoms with Crippen LogP contribution in [0.4, 0.5) is 0 Å². The summed E-state index contributed by atoms with van der Waals surface area (Å²) in [5.74, 6) is -0.0262. The van der Waals surface area contributed by atoms with Crippen LogP contribution in [-0.2, 0) is 6.54 Å². The Morgan fingerprint density at radius 1 is 1.29 bits per heavy atom. The van der Waals surface area contributed by atoms with Crippen molar-refractivity contribution in [3.63, 3.8) is 0 Å². The predicted molar refractivity (Wildman–Crippen MR) is 93.8 cm³/mol. The normalized spacial score (nSPS) is 17.4. The number of nitrogens with one attached hydrogen (secondary N) is 3. The van der Waals surface area contributed by atoms with Crippen LogP contribution < -0.4 is 10.6 Å². The molecule has 0 fully saturated rings. The first-order valence-corrected chi connectivity index (χ1v) is 8.26. The van der Waals surface area contributed by atoms with E-state index < -0.39 is 0 Å². The molecule has 1 unspecified atom stereocenters. The van der Waals surface area contributed by atoms with Gasteiger partial charge in [-0.05, 0) is 42.2 Å². The van der Waals surface area contributed by atoms with Gasteiger partial charge in [-0.1, -0.05) is 18.2 Å². The third-order valence-corrected chi connectivity index (χ3v) is 4.71. The van der Waals surface area contributed by atoms with Gasteiger partial charge in [0.15, 0.2) is 0 Å². The number of amides is 1. The van der Waals surface area contributed by atoms with Crippen molar-refractivity contribution in [1.82, 2.24) is 20.6 Å². The summed E-state index contributed by atoms with van der Waals surface area (Å²) in [5.41, 5.74) is 5.16. The molecule has 0 aliphatic carbocycles. The molecule has 2 aromatic heterocycles. The first kappa shape index (κ1) is 14.9. The van der Waals surface area contributed by atoms with Crippen LogP contribution in [0.15, 0.2) is 42.7 Å². The number of fused-ring (bicyclic) bond motifs is 2. The number of nitrogens with zero attached hydrogens (tertiary/aromatic N) is 1. The van der Waals surface area contributed by atoms with Crippen molar-refractivity contribution in [1.29, 1.82) is 0 Å². The molecule has 4 rings (SSSR count). The Labute approximate surface area is 140 Å². The minimum absolute atomic E-state index is 0.0262. The average molecular weight is 320 g/mol. The highest BCUT2D eigenvalue weighted by molar-refractivity contribution is 5.94. The number of benzene rings is 1. The summed E-state index contributed by atoms with van der Waals surface area (Å²) in [6.07, 6.45) is 4.53. The van der Waals surface area contributed by atoms with E-state index in [1.54, 1.807) is 0 Å². The monoisotopic (exact) mass is 320 g/mol. The number of aromatic nitrogens is 2. The molecule has 0 saturated carbocycles. The molecule has 3 heterocycles. The van der Waals surface area contributed by atoms with E-state index in [1.807, 2.05) is 24.5 Å². The van der Waals surface area contributed by atoms with Crippen molar-refractivity contribution in [3.8, 4) is 0 Å². The Bertz CT molecular complexity index is 899. The molecule has 1 amide bonds. The van der Waals surface area contributed by atoms with Crippen molar-refractivity contribution in [2.45, 2.75) is 25.9 Å². The van der Waals surface area contributed by atoms with Gasteiger partial charge < -0.3 is 15.6 Å². The van der Waals surface area contributed by atoms with E-state index in [2.05, 4.69) is 45.7 Å². The summed E-state index contributed by atoms with van der Waals surface area (Å²) in [7, 11) is 0. The van der Waals surface area contributed by atoms with Crippen LogP contribution in [0.5, 0.6) is 0 Å². The Kier molecular flexibility index (Phi) is 3.78. The number of hydrogen-bond acceptors (Lipinski definition) is 3. The van der Waals surface area contributed by atoms with Gasteiger partial charge in [-0.25, -0.2) is 0 Å². The van der Waals surface area contributed by atoms with Crippen LogP contribution >= 0.6 is 0 Å². The van der Waals surface area contributed by atoms with E-state index in [-0.39, 0.29) is 11.9 Å². The summed E-state index contributed by atoms with van der Waals surface area (Å²) < 4.78 is 0. The van der Waals surface area contributed by atoms with Crippen molar-refractivity contribution in [2.24, 2.45) is 0 Å². The second-order valence-electron chi connectivity index (χ2n) is 6.23. The second-order valence-corrected chi connectivity index (χ2v) is 6.23. The fourth-order valence-corrected chi connectivity index (χ4v) is 3.40. The van der Waals surface area contributed by atoms with E-state index >= 15 is 0 Å². The number of rotatable bonds is 3. The maximum atomic E-state index is 12.0. The number of pyridine rings is 1. The molecule has 5 nitrogen and oxygen atoms in total. The first-order chi connectivity index (χ1) is 11.7. The topological polar surface area (TPSA) is 69.8 Å². The number of H-pyrrole nitrogens is 1. The van der Waals surface area contributed by atoms with Crippen LogP contribution in [-0.4, -0.2) is 22.4 Å². The summed E-state index contributed by atoms with van der Waals surface area (Å²) in [5, 5.41) is 7.72. The van der Waals surface area contributed by atoms with E-state index in [1.165, 1.54) is 16.5 Å². The molecule has 0 saturated heterocycles. The van der Waals surface area contributed by atoms with Crippen molar-refractivity contribution >= 4 is 16.8 Å². The van der Waals surface area contributed by atoms with E-state index in [9.17, 15) is 4.79 Å².